The number of nitrogens with one attached hydrogen (secondary N) is 2. The third-order valence-corrected chi connectivity index (χ3v) is 7.13. The maximum Gasteiger partial charge on any atom is 0.413 e. The van der Waals surface area contributed by atoms with Crippen LogP contribution in [0.25, 0.3) is 22.4 Å². The van der Waals surface area contributed by atoms with Crippen LogP contribution in [-0.2, 0) is 18.3 Å². The molecular formula is C31H39N7O4. The minimum absolute atomic E-state index is 0.0331. The van der Waals surface area contributed by atoms with Crippen molar-refractivity contribution >= 4 is 23.5 Å². The van der Waals surface area contributed by atoms with E-state index in [9.17, 15) is 14.4 Å². The fourth-order valence-electron chi connectivity index (χ4n) is 4.75. The van der Waals surface area contributed by atoms with Crippen molar-refractivity contribution in [1.29, 1.82) is 0 Å². The van der Waals surface area contributed by atoms with Gasteiger partial charge in [-0.3, -0.25) is 24.8 Å². The Balaban J connectivity index is 0.00000198. The highest BCUT2D eigenvalue weighted by Gasteiger charge is 2.22. The fourth-order valence-corrected chi connectivity index (χ4v) is 4.75. The lowest BCUT2D eigenvalue weighted by atomic mass is 9.95. The Morgan fingerprint density at radius 1 is 1.02 bits per heavy atom. The van der Waals surface area contributed by atoms with Gasteiger partial charge >= 0.3 is 6.09 Å². The number of ketones is 1. The molecule has 2 aliphatic heterocycles. The van der Waals surface area contributed by atoms with Crippen molar-refractivity contribution in [3.05, 3.63) is 70.3 Å². The largest absolute Gasteiger partial charge is 0.450 e. The zero-order valence-corrected chi connectivity index (χ0v) is 24.9. The summed E-state index contributed by atoms with van der Waals surface area (Å²) in [5.74, 6) is 0.304. The Bertz CT molecular complexity index is 1510. The number of ether oxygens (including phenoxy) is 1. The summed E-state index contributed by atoms with van der Waals surface area (Å²) in [7, 11) is 3.79. The number of benzene rings is 1. The van der Waals surface area contributed by atoms with Gasteiger partial charge in [0.2, 0.25) is 5.96 Å². The molecule has 0 radical (unpaired) electrons. The van der Waals surface area contributed by atoms with E-state index < -0.39 is 6.09 Å². The third kappa shape index (κ3) is 7.29. The molecule has 1 amide bonds. The van der Waals surface area contributed by atoms with Gasteiger partial charge in [0, 0.05) is 62.8 Å². The lowest BCUT2D eigenvalue weighted by Gasteiger charge is -2.31. The number of rotatable bonds is 6. The highest BCUT2D eigenvalue weighted by atomic mass is 16.5. The van der Waals surface area contributed by atoms with Gasteiger partial charge in [-0.2, -0.15) is 0 Å². The number of alkyl carbamates (subject to hydrolysis) is 1. The first kappa shape index (κ1) is 30.6. The summed E-state index contributed by atoms with van der Waals surface area (Å²) in [4.78, 5) is 50.8. The number of hydrogen-bond acceptors (Lipinski definition) is 9. The number of likely N-dealkylation sites (N-methyl/N-ethyl adjacent to an activating group) is 1. The highest BCUT2D eigenvalue weighted by molar-refractivity contribution is 6.06. The molecule has 5 rings (SSSR count). The molecule has 0 unspecified atom stereocenters. The minimum Gasteiger partial charge on any atom is -0.450 e. The van der Waals surface area contributed by atoms with E-state index in [-0.39, 0.29) is 23.9 Å². The number of carbonyl (C=O) groups excluding carboxylic acids is 2. The zero-order chi connectivity index (χ0) is 30.2. The molecule has 0 bridgehead atoms. The minimum atomic E-state index is -0.600. The van der Waals surface area contributed by atoms with Gasteiger partial charge in [0.25, 0.3) is 5.56 Å². The molecular weight excluding hydrogens is 534 g/mol. The SMILES string of the molecule is CC.CCOC(=O)NC1=NCc2cc(-c3ccn(C)c(=O)c3)cc(-c3ccc(C(=O)CN4CCN(C)CC4)cn3)c2N1. The second kappa shape index (κ2) is 14.0. The molecule has 0 saturated carbocycles. The van der Waals surface area contributed by atoms with Gasteiger partial charge in [0.05, 0.1) is 31.1 Å². The number of aromatic nitrogens is 2. The summed E-state index contributed by atoms with van der Waals surface area (Å²) < 4.78 is 6.50. The van der Waals surface area contributed by atoms with Gasteiger partial charge in [-0.05, 0) is 61.0 Å². The van der Waals surface area contributed by atoms with Gasteiger partial charge in [0.15, 0.2) is 5.78 Å². The summed E-state index contributed by atoms with van der Waals surface area (Å²) in [5, 5.41) is 5.83. The lowest BCUT2D eigenvalue weighted by molar-refractivity contribution is 0.0876. The number of nitrogens with zero attached hydrogens (tertiary/aromatic N) is 5. The van der Waals surface area contributed by atoms with Crippen LogP contribution in [0.4, 0.5) is 10.5 Å². The van der Waals surface area contributed by atoms with Crippen molar-refractivity contribution in [1.82, 2.24) is 24.7 Å². The van der Waals surface area contributed by atoms with E-state index in [0.29, 0.717) is 24.3 Å². The molecule has 2 aromatic heterocycles. The number of pyridine rings is 2. The van der Waals surface area contributed by atoms with Crippen LogP contribution in [0, 0.1) is 0 Å². The molecule has 2 aliphatic rings. The first-order valence-electron chi connectivity index (χ1n) is 14.3. The number of aliphatic imine (C=N–C) groups is 1. The fraction of sp³-hybridized carbons (Fsp3) is 0.387. The normalized spacial score (nSPS) is 14.9. The van der Waals surface area contributed by atoms with Crippen LogP contribution in [0.5, 0.6) is 0 Å². The quantitative estimate of drug-likeness (QED) is 0.429. The maximum absolute atomic E-state index is 13.0. The molecule has 0 spiro atoms. The van der Waals surface area contributed by atoms with Gasteiger partial charge in [-0.25, -0.2) is 9.79 Å². The molecule has 2 N–H and O–H groups in total. The van der Waals surface area contributed by atoms with E-state index in [1.54, 1.807) is 38.5 Å². The second-order valence-corrected chi connectivity index (χ2v) is 9.99. The summed E-state index contributed by atoms with van der Waals surface area (Å²) in [6.07, 6.45) is 2.74. The smallest absolute Gasteiger partial charge is 0.413 e. The first-order valence-corrected chi connectivity index (χ1v) is 14.3. The van der Waals surface area contributed by atoms with Gasteiger partial charge in [-0.15, -0.1) is 0 Å². The van der Waals surface area contributed by atoms with E-state index >= 15 is 0 Å². The summed E-state index contributed by atoms with van der Waals surface area (Å²) in [6, 6.07) is 11.0. The van der Waals surface area contributed by atoms with Crippen molar-refractivity contribution < 1.29 is 14.3 Å². The topological polar surface area (TPSA) is 121 Å². The van der Waals surface area contributed by atoms with Crippen LogP contribution in [0.1, 0.15) is 36.7 Å². The molecule has 1 saturated heterocycles. The number of hydrogen-bond donors (Lipinski definition) is 2. The molecule has 222 valence electrons. The number of amides is 1. The van der Waals surface area contributed by atoms with E-state index in [1.165, 1.54) is 4.57 Å². The Labute approximate surface area is 246 Å². The van der Waals surface area contributed by atoms with E-state index in [4.69, 9.17) is 4.74 Å². The molecule has 3 aromatic rings. The average Bonchev–Trinajstić information content (AvgIpc) is 3.00. The number of aryl methyl sites for hydroxylation is 1. The maximum atomic E-state index is 13.0. The highest BCUT2D eigenvalue weighted by Crippen LogP contribution is 2.37. The number of piperazine rings is 1. The zero-order valence-electron chi connectivity index (χ0n) is 24.9. The first-order chi connectivity index (χ1) is 20.3. The number of carbonyl (C=O) groups is 2. The molecule has 1 aromatic carbocycles. The molecule has 0 atom stereocenters. The number of fused-ring (bicyclic) bond motifs is 1. The van der Waals surface area contributed by atoms with Gasteiger partial charge < -0.3 is 19.5 Å². The predicted molar refractivity (Wildman–Crippen MR) is 165 cm³/mol. The summed E-state index contributed by atoms with van der Waals surface area (Å²) >= 11 is 0. The third-order valence-electron chi connectivity index (χ3n) is 7.13. The van der Waals surface area contributed by atoms with Crippen molar-refractivity contribution in [3.63, 3.8) is 0 Å². The van der Waals surface area contributed by atoms with E-state index in [2.05, 4.69) is 37.5 Å². The molecule has 11 heteroatoms. The van der Waals surface area contributed by atoms with Crippen molar-refractivity contribution in [2.24, 2.45) is 12.0 Å². The molecule has 0 aliphatic carbocycles. The monoisotopic (exact) mass is 573 g/mol. The summed E-state index contributed by atoms with van der Waals surface area (Å²) in [6.45, 7) is 10.3. The Hall–Kier alpha value is -4.35. The van der Waals surface area contributed by atoms with Crippen molar-refractivity contribution in [2.75, 3.05) is 51.7 Å². The Morgan fingerprint density at radius 3 is 2.45 bits per heavy atom. The summed E-state index contributed by atoms with van der Waals surface area (Å²) in [5.41, 5.74) is 5.05. The molecule has 1 fully saturated rings. The van der Waals surface area contributed by atoms with Crippen LogP contribution in [0.3, 0.4) is 0 Å². The van der Waals surface area contributed by atoms with Crippen LogP contribution in [-0.4, -0.2) is 83.6 Å². The number of guanidine groups is 1. The molecule has 42 heavy (non-hydrogen) atoms. The lowest BCUT2D eigenvalue weighted by Crippen LogP contribution is -2.46. The Morgan fingerprint density at radius 2 is 1.79 bits per heavy atom. The second-order valence-electron chi connectivity index (χ2n) is 9.99. The van der Waals surface area contributed by atoms with Crippen LogP contribution < -0.4 is 16.2 Å². The number of anilines is 1. The predicted octanol–water partition coefficient (Wildman–Crippen LogP) is 3.60. The Kier molecular flexibility index (Phi) is 10.2. The van der Waals surface area contributed by atoms with Gasteiger partial charge in [-0.1, -0.05) is 13.8 Å². The molecule has 11 nitrogen and oxygen atoms in total. The van der Waals surface area contributed by atoms with Crippen molar-refractivity contribution in [2.45, 2.75) is 27.3 Å². The van der Waals surface area contributed by atoms with E-state index in [0.717, 1.165) is 54.1 Å². The average molecular weight is 574 g/mol. The van der Waals surface area contributed by atoms with Crippen molar-refractivity contribution in [3.8, 4) is 22.4 Å². The van der Waals surface area contributed by atoms with Crippen LogP contribution in [0.2, 0.25) is 0 Å². The van der Waals surface area contributed by atoms with Crippen LogP contribution >= 0.6 is 0 Å². The molecule has 4 heterocycles. The standard InChI is InChI=1S/C29H33N7O4.C2H6/c1-4-40-29(39)33-28-31-17-22-13-21(19-7-8-35(3)26(38)15-19)14-23(27(22)32-28)24-6-5-20(16-30-24)25(37)18-36-11-9-34(2)10-12-36;1-2/h5-8,13-16H,4,9-12,17-18H2,1-3H3,(H2,31,32,33,39);1-2H3. The van der Waals surface area contributed by atoms with Crippen LogP contribution in [0.15, 0.2) is 58.6 Å². The van der Waals surface area contributed by atoms with E-state index in [1.807, 2.05) is 38.1 Å². The van der Waals surface area contributed by atoms with Gasteiger partial charge in [0.1, 0.15) is 0 Å². The number of Topliss-reactive ketones (excluding diaryl/α,β-unsaturated/α-hetero) is 1.